The lowest BCUT2D eigenvalue weighted by Crippen LogP contribution is -2.36. The van der Waals surface area contributed by atoms with E-state index in [1.54, 1.807) is 0 Å². The lowest BCUT2D eigenvalue weighted by atomic mass is 9.61. The fourth-order valence-corrected chi connectivity index (χ4v) is 9.87. The van der Waals surface area contributed by atoms with Crippen LogP contribution in [0.1, 0.15) is 38.2 Å². The minimum atomic E-state index is -0.727. The second-order valence-electron chi connectivity index (χ2n) is 14.4. The van der Waals surface area contributed by atoms with Crippen LogP contribution in [0.5, 0.6) is 0 Å². The van der Waals surface area contributed by atoms with Gasteiger partial charge in [0.15, 0.2) is 5.78 Å². The number of fused-ring (bicyclic) bond motifs is 15. The van der Waals surface area contributed by atoms with Crippen LogP contribution in [-0.4, -0.2) is 14.9 Å². The zero-order valence-corrected chi connectivity index (χ0v) is 28.6. The lowest BCUT2D eigenvalue weighted by Gasteiger charge is -2.39. The number of rotatable bonds is 2. The molecule has 0 aliphatic heterocycles. The highest BCUT2D eigenvalue weighted by Gasteiger charge is 2.52. The summed E-state index contributed by atoms with van der Waals surface area (Å²) in [6, 6.07) is 65.2. The summed E-state index contributed by atoms with van der Waals surface area (Å²) in [7, 11) is 0. The molecule has 53 heavy (non-hydrogen) atoms. The minimum Gasteiger partial charge on any atom is -0.309 e. The first kappa shape index (κ1) is 28.7. The van der Waals surface area contributed by atoms with Gasteiger partial charge >= 0.3 is 0 Å². The number of aromatic nitrogens is 2. The number of para-hydroxylation sites is 4. The lowest BCUT2D eigenvalue weighted by molar-refractivity contribution is 0.103. The Kier molecular flexibility index (Phi) is 5.58. The van der Waals surface area contributed by atoms with Gasteiger partial charge in [0.25, 0.3) is 0 Å². The molecule has 8 aromatic carbocycles. The van der Waals surface area contributed by atoms with Crippen LogP contribution in [0.3, 0.4) is 0 Å². The molecule has 246 valence electrons. The predicted octanol–water partition coefficient (Wildman–Crippen LogP) is 11.8. The molecule has 12 rings (SSSR count). The number of nitrogens with zero attached hydrogens (tertiary/aromatic N) is 2. The van der Waals surface area contributed by atoms with E-state index in [4.69, 9.17) is 0 Å². The molecule has 0 radical (unpaired) electrons. The van der Waals surface area contributed by atoms with Gasteiger partial charge in [-0.3, -0.25) is 4.79 Å². The SMILES string of the molecule is O=C1c2ccccc2C2(c3ccccc31)c1cc(-n3c4ccccc4c4ccccc43)ccc1-c1ccc(-n3c4ccccc4c4ccccc43)cc12. The summed E-state index contributed by atoms with van der Waals surface area (Å²) >= 11 is 0. The van der Waals surface area contributed by atoms with Crippen LogP contribution >= 0.6 is 0 Å². The van der Waals surface area contributed by atoms with Gasteiger partial charge in [-0.2, -0.15) is 0 Å². The Morgan fingerprint density at radius 3 is 1.06 bits per heavy atom. The molecule has 1 spiro atoms. The quantitative estimate of drug-likeness (QED) is 0.179. The Balaban J connectivity index is 1.22. The minimum absolute atomic E-state index is 0.0777. The van der Waals surface area contributed by atoms with Gasteiger partial charge in [0.2, 0.25) is 0 Å². The van der Waals surface area contributed by atoms with E-state index in [1.165, 1.54) is 65.9 Å². The zero-order valence-electron chi connectivity index (χ0n) is 28.6. The van der Waals surface area contributed by atoms with Crippen molar-refractivity contribution in [3.05, 3.63) is 215 Å². The third-order valence-electron chi connectivity index (χ3n) is 11.9. The van der Waals surface area contributed by atoms with Crippen molar-refractivity contribution in [1.82, 2.24) is 9.13 Å². The average molecular weight is 675 g/mol. The Labute approximate surface area is 305 Å². The van der Waals surface area contributed by atoms with Crippen LogP contribution in [0, 0.1) is 0 Å². The van der Waals surface area contributed by atoms with Gasteiger partial charge < -0.3 is 9.13 Å². The maximum Gasteiger partial charge on any atom is 0.193 e. The standard InChI is InChI=1S/C50H30N2O/c53-49-39-17-1-7-19-41(39)50(42-20-8-2-18-40(42)49)43-29-31(51-45-21-9-3-13-35(45)36-14-4-10-22-46(36)51)25-27-33(43)34-28-26-32(30-44(34)50)52-47-23-11-5-15-37(47)38-16-6-12-24-48(38)52/h1-30H. The molecule has 0 saturated carbocycles. The zero-order chi connectivity index (χ0) is 34.8. The van der Waals surface area contributed by atoms with Crippen molar-refractivity contribution in [2.45, 2.75) is 5.41 Å². The van der Waals surface area contributed by atoms with E-state index in [1.807, 2.05) is 24.3 Å². The van der Waals surface area contributed by atoms with Crippen molar-refractivity contribution >= 4 is 49.4 Å². The van der Waals surface area contributed by atoms with Crippen molar-refractivity contribution in [3.8, 4) is 22.5 Å². The maximum absolute atomic E-state index is 14.4. The molecule has 0 saturated heterocycles. The predicted molar refractivity (Wildman–Crippen MR) is 216 cm³/mol. The van der Waals surface area contributed by atoms with Gasteiger partial charge in [0.1, 0.15) is 0 Å². The van der Waals surface area contributed by atoms with E-state index >= 15 is 0 Å². The summed E-state index contributed by atoms with van der Waals surface area (Å²) < 4.78 is 4.80. The van der Waals surface area contributed by atoms with Crippen LogP contribution in [-0.2, 0) is 5.41 Å². The van der Waals surface area contributed by atoms with Crippen molar-refractivity contribution < 1.29 is 4.79 Å². The van der Waals surface area contributed by atoms with Gasteiger partial charge in [-0.15, -0.1) is 0 Å². The summed E-state index contributed by atoms with van der Waals surface area (Å²) in [6.07, 6.45) is 0. The monoisotopic (exact) mass is 674 g/mol. The Morgan fingerprint density at radius 2 is 0.660 bits per heavy atom. The first-order valence-corrected chi connectivity index (χ1v) is 18.2. The van der Waals surface area contributed by atoms with E-state index in [9.17, 15) is 4.79 Å². The first-order chi connectivity index (χ1) is 26.2. The number of benzene rings is 8. The third-order valence-corrected chi connectivity index (χ3v) is 11.9. The molecule has 2 aliphatic carbocycles. The molecule has 2 aromatic heterocycles. The molecule has 0 unspecified atom stereocenters. The van der Waals surface area contributed by atoms with E-state index in [0.717, 1.165) is 33.6 Å². The molecule has 0 N–H and O–H groups in total. The first-order valence-electron chi connectivity index (χ1n) is 18.2. The summed E-state index contributed by atoms with van der Waals surface area (Å²) in [6.45, 7) is 0. The average Bonchev–Trinajstić information content (AvgIpc) is 3.84. The van der Waals surface area contributed by atoms with Gasteiger partial charge in [-0.05, 0) is 81.9 Å². The highest BCUT2D eigenvalue weighted by Crippen LogP contribution is 2.60. The third kappa shape index (κ3) is 3.56. The van der Waals surface area contributed by atoms with Crippen molar-refractivity contribution in [1.29, 1.82) is 0 Å². The number of carbonyl (C=O) groups excluding carboxylic acids is 1. The second kappa shape index (κ2) is 10.3. The van der Waals surface area contributed by atoms with E-state index in [2.05, 4.69) is 167 Å². The summed E-state index contributed by atoms with van der Waals surface area (Å²) in [4.78, 5) is 14.4. The van der Waals surface area contributed by atoms with Gasteiger partial charge in [-0.25, -0.2) is 0 Å². The summed E-state index contributed by atoms with van der Waals surface area (Å²) in [5, 5.41) is 4.93. The van der Waals surface area contributed by atoms with Crippen LogP contribution in [0.4, 0.5) is 0 Å². The Bertz CT molecular complexity index is 2890. The normalized spacial score (nSPS) is 13.8. The fourth-order valence-electron chi connectivity index (χ4n) is 9.87. The molecule has 2 aliphatic rings. The Hall–Kier alpha value is -6.97. The molecular weight excluding hydrogens is 645 g/mol. The number of hydrogen-bond donors (Lipinski definition) is 0. The largest absolute Gasteiger partial charge is 0.309 e. The maximum atomic E-state index is 14.4. The van der Waals surface area contributed by atoms with E-state index in [0.29, 0.717) is 0 Å². The molecule has 0 bridgehead atoms. The van der Waals surface area contributed by atoms with Gasteiger partial charge in [-0.1, -0.05) is 133 Å². The topological polar surface area (TPSA) is 26.9 Å². The van der Waals surface area contributed by atoms with Crippen molar-refractivity contribution in [3.63, 3.8) is 0 Å². The van der Waals surface area contributed by atoms with Crippen LogP contribution < -0.4 is 0 Å². The van der Waals surface area contributed by atoms with Gasteiger partial charge in [0, 0.05) is 44.0 Å². The van der Waals surface area contributed by atoms with Crippen molar-refractivity contribution in [2.24, 2.45) is 0 Å². The summed E-state index contributed by atoms with van der Waals surface area (Å²) in [5.41, 5.74) is 14.5. The highest BCUT2D eigenvalue weighted by molar-refractivity contribution is 6.15. The molecule has 0 atom stereocenters. The fraction of sp³-hybridized carbons (Fsp3) is 0.0200. The molecule has 3 heteroatoms. The number of ketones is 1. The highest BCUT2D eigenvalue weighted by atomic mass is 16.1. The van der Waals surface area contributed by atoms with Crippen molar-refractivity contribution in [2.75, 3.05) is 0 Å². The van der Waals surface area contributed by atoms with Crippen LogP contribution in [0.25, 0.3) is 66.1 Å². The Morgan fingerprint density at radius 1 is 0.321 bits per heavy atom. The van der Waals surface area contributed by atoms with E-state index < -0.39 is 5.41 Å². The molecular formula is C50H30N2O. The summed E-state index contributed by atoms with van der Waals surface area (Å²) in [5.74, 6) is 0.0777. The molecule has 2 heterocycles. The molecule has 10 aromatic rings. The number of carbonyl (C=O) groups is 1. The van der Waals surface area contributed by atoms with Crippen LogP contribution in [0.2, 0.25) is 0 Å². The molecule has 0 amide bonds. The molecule has 0 fully saturated rings. The number of hydrogen-bond acceptors (Lipinski definition) is 1. The van der Waals surface area contributed by atoms with Gasteiger partial charge in [0.05, 0.1) is 27.5 Å². The van der Waals surface area contributed by atoms with E-state index in [-0.39, 0.29) is 5.78 Å². The second-order valence-corrected chi connectivity index (χ2v) is 14.4. The molecule has 3 nitrogen and oxygen atoms in total. The smallest absolute Gasteiger partial charge is 0.193 e. The van der Waals surface area contributed by atoms with Crippen LogP contribution in [0.15, 0.2) is 182 Å².